The number of carbonyl (C=O) groups is 2. The Balaban J connectivity index is 3.27. The first kappa shape index (κ1) is 11.7. The highest BCUT2D eigenvalue weighted by atomic mass is 16.1. The van der Waals surface area contributed by atoms with Gasteiger partial charge in [0, 0.05) is 23.5 Å². The Morgan fingerprint density at radius 1 is 1.53 bits per heavy atom. The molecule has 0 heterocycles. The zero-order valence-electron chi connectivity index (χ0n) is 9.68. The number of carbonyl (C=O) groups excluding carboxylic acids is 2. The minimum atomic E-state index is -0.220. The standard InChI is InChI=1S/C13H16O2/c1-9-7-11(15)8-13(3,4)12(9)6-5-10(2)14/h5,7H,8H2,1-4H3. The topological polar surface area (TPSA) is 34.1 Å². The predicted octanol–water partition coefficient (Wildman–Crippen LogP) is 2.60. The van der Waals surface area contributed by atoms with Gasteiger partial charge >= 0.3 is 0 Å². The second kappa shape index (κ2) is 4.00. The zero-order valence-corrected chi connectivity index (χ0v) is 9.68. The van der Waals surface area contributed by atoms with Crippen molar-refractivity contribution in [3.63, 3.8) is 0 Å². The second-order valence-electron chi connectivity index (χ2n) is 4.63. The smallest absolute Gasteiger partial charge is 0.160 e. The monoisotopic (exact) mass is 204 g/mol. The summed E-state index contributed by atoms with van der Waals surface area (Å²) in [7, 11) is 0. The molecular formula is C13H16O2. The molecule has 0 unspecified atom stereocenters. The highest BCUT2D eigenvalue weighted by molar-refractivity contribution is 5.94. The molecule has 0 spiro atoms. The Morgan fingerprint density at radius 3 is 2.60 bits per heavy atom. The van der Waals surface area contributed by atoms with Crippen LogP contribution >= 0.6 is 0 Å². The minimum absolute atomic E-state index is 0.0250. The van der Waals surface area contributed by atoms with Crippen molar-refractivity contribution in [2.45, 2.75) is 34.1 Å². The van der Waals surface area contributed by atoms with Gasteiger partial charge in [-0.05, 0) is 25.5 Å². The van der Waals surface area contributed by atoms with E-state index in [4.69, 9.17) is 0 Å². The number of hydrogen-bond acceptors (Lipinski definition) is 2. The van der Waals surface area contributed by atoms with Gasteiger partial charge in [-0.2, -0.15) is 0 Å². The fourth-order valence-electron chi connectivity index (χ4n) is 1.91. The summed E-state index contributed by atoms with van der Waals surface area (Å²) in [5, 5.41) is 0. The first-order chi connectivity index (χ1) is 6.83. The van der Waals surface area contributed by atoms with Crippen LogP contribution in [0.5, 0.6) is 0 Å². The van der Waals surface area contributed by atoms with Crippen molar-refractivity contribution >= 4 is 11.6 Å². The van der Waals surface area contributed by atoms with E-state index >= 15 is 0 Å². The van der Waals surface area contributed by atoms with E-state index < -0.39 is 0 Å². The first-order valence-electron chi connectivity index (χ1n) is 5.02. The summed E-state index contributed by atoms with van der Waals surface area (Å²) in [5.74, 6) is 0.119. The third-order valence-electron chi connectivity index (χ3n) is 2.48. The van der Waals surface area contributed by atoms with Crippen molar-refractivity contribution in [2.24, 2.45) is 5.41 Å². The molecule has 0 saturated carbocycles. The summed E-state index contributed by atoms with van der Waals surface area (Å²) in [6.45, 7) is 7.37. The van der Waals surface area contributed by atoms with E-state index in [-0.39, 0.29) is 17.0 Å². The molecule has 0 aliphatic heterocycles. The van der Waals surface area contributed by atoms with E-state index in [9.17, 15) is 9.59 Å². The molecule has 1 aliphatic carbocycles. The van der Waals surface area contributed by atoms with Crippen molar-refractivity contribution < 1.29 is 9.59 Å². The lowest BCUT2D eigenvalue weighted by molar-refractivity contribution is -0.116. The lowest BCUT2D eigenvalue weighted by Crippen LogP contribution is -2.23. The summed E-state index contributed by atoms with van der Waals surface area (Å²) in [6, 6.07) is 0. The van der Waals surface area contributed by atoms with E-state index in [0.29, 0.717) is 6.42 Å². The van der Waals surface area contributed by atoms with Crippen LogP contribution in [-0.4, -0.2) is 11.6 Å². The van der Waals surface area contributed by atoms with Crippen LogP contribution in [0.3, 0.4) is 0 Å². The summed E-state index contributed by atoms with van der Waals surface area (Å²) >= 11 is 0. The molecule has 2 heteroatoms. The lowest BCUT2D eigenvalue weighted by Gasteiger charge is -2.29. The van der Waals surface area contributed by atoms with Crippen molar-refractivity contribution in [1.29, 1.82) is 0 Å². The van der Waals surface area contributed by atoms with Crippen LogP contribution < -0.4 is 0 Å². The number of allylic oxidation sites excluding steroid dienone is 3. The van der Waals surface area contributed by atoms with Crippen LogP contribution in [-0.2, 0) is 9.59 Å². The molecule has 0 saturated heterocycles. The zero-order chi connectivity index (χ0) is 11.6. The van der Waals surface area contributed by atoms with E-state index in [1.54, 1.807) is 6.08 Å². The number of hydrogen-bond donors (Lipinski definition) is 0. The summed E-state index contributed by atoms with van der Waals surface area (Å²) < 4.78 is 0. The Kier molecular flexibility index (Phi) is 3.11. The Labute approximate surface area is 90.4 Å². The number of ketones is 2. The fourth-order valence-corrected chi connectivity index (χ4v) is 1.91. The quantitative estimate of drug-likeness (QED) is 0.486. The molecular weight excluding hydrogens is 188 g/mol. The summed E-state index contributed by atoms with van der Waals surface area (Å²) in [6.07, 6.45) is 3.55. The molecule has 0 amide bonds. The van der Waals surface area contributed by atoms with Gasteiger partial charge in [-0.15, -0.1) is 5.73 Å². The predicted molar refractivity (Wildman–Crippen MR) is 59.4 cm³/mol. The van der Waals surface area contributed by atoms with Gasteiger partial charge in [0.25, 0.3) is 0 Å². The Hall–Kier alpha value is -1.40. The first-order valence-corrected chi connectivity index (χ1v) is 5.02. The normalized spacial score (nSPS) is 19.3. The van der Waals surface area contributed by atoms with Crippen LogP contribution in [0, 0.1) is 5.41 Å². The third-order valence-corrected chi connectivity index (χ3v) is 2.48. The average molecular weight is 204 g/mol. The molecule has 0 atom stereocenters. The van der Waals surface area contributed by atoms with Crippen LogP contribution in [0.15, 0.2) is 29.0 Å². The van der Waals surface area contributed by atoms with Crippen molar-refractivity contribution in [1.82, 2.24) is 0 Å². The van der Waals surface area contributed by atoms with Crippen molar-refractivity contribution in [3.05, 3.63) is 29.0 Å². The van der Waals surface area contributed by atoms with E-state index in [0.717, 1.165) is 11.1 Å². The maximum Gasteiger partial charge on any atom is 0.160 e. The molecule has 0 aromatic carbocycles. The molecule has 1 rings (SSSR count). The number of rotatable bonds is 1. The lowest BCUT2D eigenvalue weighted by atomic mass is 9.73. The minimum Gasteiger partial charge on any atom is -0.295 e. The van der Waals surface area contributed by atoms with Crippen molar-refractivity contribution in [3.8, 4) is 0 Å². The SMILES string of the molecule is CC(=O)C=C=C1C(C)=CC(=O)CC1(C)C. The molecule has 1 aliphatic rings. The molecule has 2 nitrogen and oxygen atoms in total. The third kappa shape index (κ3) is 2.77. The van der Waals surface area contributed by atoms with Crippen LogP contribution in [0.25, 0.3) is 0 Å². The maximum absolute atomic E-state index is 11.4. The van der Waals surface area contributed by atoms with Gasteiger partial charge in [-0.1, -0.05) is 13.8 Å². The van der Waals surface area contributed by atoms with Gasteiger partial charge in [-0.25, -0.2) is 0 Å². The fraction of sp³-hybridized carbons (Fsp3) is 0.462. The average Bonchev–Trinajstić information content (AvgIpc) is 1.98. The largest absolute Gasteiger partial charge is 0.295 e. The van der Waals surface area contributed by atoms with Crippen LogP contribution in [0.1, 0.15) is 34.1 Å². The van der Waals surface area contributed by atoms with Gasteiger partial charge in [0.2, 0.25) is 0 Å². The highest BCUT2D eigenvalue weighted by Gasteiger charge is 2.30. The van der Waals surface area contributed by atoms with E-state index in [1.807, 2.05) is 20.8 Å². The van der Waals surface area contributed by atoms with Gasteiger partial charge in [-0.3, -0.25) is 9.59 Å². The highest BCUT2D eigenvalue weighted by Crippen LogP contribution is 2.38. The van der Waals surface area contributed by atoms with Gasteiger partial charge in [0.1, 0.15) is 0 Å². The maximum atomic E-state index is 11.4. The molecule has 0 bridgehead atoms. The molecule has 0 fully saturated rings. The Morgan fingerprint density at radius 2 is 2.13 bits per heavy atom. The molecule has 0 radical (unpaired) electrons. The van der Waals surface area contributed by atoms with Crippen molar-refractivity contribution in [2.75, 3.05) is 0 Å². The molecule has 0 N–H and O–H groups in total. The summed E-state index contributed by atoms with van der Waals surface area (Å²) in [5.41, 5.74) is 4.65. The second-order valence-corrected chi connectivity index (χ2v) is 4.63. The van der Waals surface area contributed by atoms with Gasteiger partial charge < -0.3 is 0 Å². The molecule has 0 aromatic heterocycles. The van der Waals surface area contributed by atoms with Crippen LogP contribution in [0.4, 0.5) is 0 Å². The molecule has 15 heavy (non-hydrogen) atoms. The molecule has 80 valence electrons. The summed E-state index contributed by atoms with van der Waals surface area (Å²) in [4.78, 5) is 22.2. The molecule has 0 aromatic rings. The Bertz CT molecular complexity index is 402. The van der Waals surface area contributed by atoms with E-state index in [1.165, 1.54) is 13.0 Å². The van der Waals surface area contributed by atoms with E-state index in [2.05, 4.69) is 5.73 Å². The van der Waals surface area contributed by atoms with Gasteiger partial charge in [0.15, 0.2) is 11.6 Å². The van der Waals surface area contributed by atoms with Gasteiger partial charge in [0.05, 0.1) is 0 Å². The van der Waals surface area contributed by atoms with Crippen LogP contribution in [0.2, 0.25) is 0 Å².